The summed E-state index contributed by atoms with van der Waals surface area (Å²) >= 11 is 0. The van der Waals surface area contributed by atoms with Crippen molar-refractivity contribution >= 4 is 36.8 Å². The summed E-state index contributed by atoms with van der Waals surface area (Å²) in [6.07, 6.45) is 5.62. The van der Waals surface area contributed by atoms with Crippen LogP contribution in [0.5, 0.6) is 0 Å². The Morgan fingerprint density at radius 1 is 1.09 bits per heavy atom. The summed E-state index contributed by atoms with van der Waals surface area (Å²) in [7, 11) is 0. The maximum absolute atomic E-state index is 12.1. The number of amides is 3. The van der Waals surface area contributed by atoms with Gasteiger partial charge in [-0.2, -0.15) is 0 Å². The highest BCUT2D eigenvalue weighted by atomic mass is 35.5. The summed E-state index contributed by atoms with van der Waals surface area (Å²) in [5.74, 6) is -0.208. The van der Waals surface area contributed by atoms with Gasteiger partial charge in [-0.15, -0.1) is 24.8 Å². The SMILES string of the molecule is CC(C(=O)NC(=O)NC1CCCCC1)N1CCNCC1.Cl.Cl. The second kappa shape index (κ2) is 11.0. The molecule has 2 fully saturated rings. The van der Waals surface area contributed by atoms with Gasteiger partial charge in [-0.1, -0.05) is 19.3 Å². The zero-order valence-electron chi connectivity index (χ0n) is 13.1. The van der Waals surface area contributed by atoms with Gasteiger partial charge >= 0.3 is 6.03 Å². The van der Waals surface area contributed by atoms with Gasteiger partial charge in [-0.3, -0.25) is 15.0 Å². The number of halogens is 2. The van der Waals surface area contributed by atoms with Gasteiger partial charge in [-0.25, -0.2) is 4.79 Å². The van der Waals surface area contributed by atoms with Crippen LogP contribution in [0.4, 0.5) is 4.79 Å². The van der Waals surface area contributed by atoms with Gasteiger partial charge in [0, 0.05) is 32.2 Å². The number of hydrogen-bond acceptors (Lipinski definition) is 4. The maximum Gasteiger partial charge on any atom is 0.321 e. The Kier molecular flexibility index (Phi) is 10.8. The smallest absolute Gasteiger partial charge is 0.321 e. The molecule has 0 aromatic heterocycles. The third-order valence-corrected chi connectivity index (χ3v) is 4.26. The minimum atomic E-state index is -0.344. The Morgan fingerprint density at radius 3 is 2.27 bits per heavy atom. The van der Waals surface area contributed by atoms with Crippen LogP contribution in [0.15, 0.2) is 0 Å². The van der Waals surface area contributed by atoms with Crippen LogP contribution < -0.4 is 16.0 Å². The van der Waals surface area contributed by atoms with Crippen LogP contribution in [0.3, 0.4) is 0 Å². The lowest BCUT2D eigenvalue weighted by Gasteiger charge is -2.31. The second-order valence-corrected chi connectivity index (χ2v) is 5.76. The molecule has 1 atom stereocenters. The maximum atomic E-state index is 12.1. The Labute approximate surface area is 145 Å². The molecule has 3 amide bonds. The minimum absolute atomic E-state index is 0. The molecule has 3 N–H and O–H groups in total. The molecule has 0 radical (unpaired) electrons. The predicted octanol–water partition coefficient (Wildman–Crippen LogP) is 1.28. The van der Waals surface area contributed by atoms with Crippen LogP contribution >= 0.6 is 24.8 Å². The van der Waals surface area contributed by atoms with E-state index >= 15 is 0 Å². The Hall–Kier alpha value is -0.560. The van der Waals surface area contributed by atoms with Crippen LogP contribution in [0.1, 0.15) is 39.0 Å². The molecular formula is C14H28Cl2N4O2. The molecule has 1 saturated heterocycles. The van der Waals surface area contributed by atoms with Gasteiger partial charge in [0.2, 0.25) is 5.91 Å². The van der Waals surface area contributed by atoms with Gasteiger partial charge in [0.15, 0.2) is 0 Å². The largest absolute Gasteiger partial charge is 0.335 e. The molecule has 0 aromatic rings. The molecule has 130 valence electrons. The van der Waals surface area contributed by atoms with Gasteiger partial charge in [0.1, 0.15) is 0 Å². The van der Waals surface area contributed by atoms with Gasteiger partial charge in [-0.05, 0) is 19.8 Å². The predicted molar refractivity (Wildman–Crippen MR) is 91.9 cm³/mol. The molecule has 2 rings (SSSR count). The molecule has 0 aromatic carbocycles. The summed E-state index contributed by atoms with van der Waals surface area (Å²) in [5.41, 5.74) is 0. The Balaban J connectivity index is 0.00000220. The summed E-state index contributed by atoms with van der Waals surface area (Å²) in [6, 6.07) is -0.371. The van der Waals surface area contributed by atoms with Crippen LogP contribution in [0.25, 0.3) is 0 Å². The lowest BCUT2D eigenvalue weighted by Crippen LogP contribution is -2.55. The molecule has 22 heavy (non-hydrogen) atoms. The van der Waals surface area contributed by atoms with Crippen LogP contribution in [-0.4, -0.2) is 55.1 Å². The zero-order chi connectivity index (χ0) is 14.4. The third-order valence-electron chi connectivity index (χ3n) is 4.26. The van der Waals surface area contributed by atoms with Crippen molar-refractivity contribution in [1.29, 1.82) is 0 Å². The van der Waals surface area contributed by atoms with Crippen molar-refractivity contribution in [2.45, 2.75) is 51.1 Å². The fourth-order valence-electron chi connectivity index (χ4n) is 2.92. The number of imide groups is 1. The lowest BCUT2D eigenvalue weighted by molar-refractivity contribution is -0.125. The molecule has 1 unspecified atom stereocenters. The summed E-state index contributed by atoms with van der Waals surface area (Å²) in [4.78, 5) is 26.0. The number of rotatable bonds is 3. The van der Waals surface area contributed by atoms with Crippen molar-refractivity contribution in [2.24, 2.45) is 0 Å². The van der Waals surface area contributed by atoms with Crippen molar-refractivity contribution in [3.63, 3.8) is 0 Å². The first-order valence-electron chi connectivity index (χ1n) is 7.73. The monoisotopic (exact) mass is 354 g/mol. The minimum Gasteiger partial charge on any atom is -0.335 e. The topological polar surface area (TPSA) is 73.5 Å². The first-order valence-corrected chi connectivity index (χ1v) is 7.73. The van der Waals surface area contributed by atoms with Crippen molar-refractivity contribution in [2.75, 3.05) is 26.2 Å². The van der Waals surface area contributed by atoms with E-state index in [0.717, 1.165) is 51.9 Å². The van der Waals surface area contributed by atoms with Crippen molar-refractivity contribution in [1.82, 2.24) is 20.9 Å². The van der Waals surface area contributed by atoms with Crippen LogP contribution in [0.2, 0.25) is 0 Å². The summed E-state index contributed by atoms with van der Waals surface area (Å²) in [6.45, 7) is 5.34. The quantitative estimate of drug-likeness (QED) is 0.713. The molecule has 8 heteroatoms. The van der Waals surface area contributed by atoms with Crippen molar-refractivity contribution in [3.8, 4) is 0 Å². The first-order chi connectivity index (χ1) is 9.66. The van der Waals surface area contributed by atoms with E-state index < -0.39 is 0 Å². The molecule has 1 saturated carbocycles. The molecule has 1 aliphatic carbocycles. The van der Waals surface area contributed by atoms with E-state index in [2.05, 4.69) is 20.9 Å². The summed E-state index contributed by atoms with van der Waals surface area (Å²) < 4.78 is 0. The average Bonchev–Trinajstić information content (AvgIpc) is 2.48. The number of urea groups is 1. The normalized spacial score (nSPS) is 21.0. The molecule has 2 aliphatic rings. The Morgan fingerprint density at radius 2 is 1.68 bits per heavy atom. The van der Waals surface area contributed by atoms with E-state index in [1.807, 2.05) is 6.92 Å². The van der Waals surface area contributed by atoms with Gasteiger partial charge < -0.3 is 10.6 Å². The van der Waals surface area contributed by atoms with E-state index in [9.17, 15) is 9.59 Å². The fourth-order valence-corrected chi connectivity index (χ4v) is 2.92. The number of piperazine rings is 1. The molecule has 0 spiro atoms. The van der Waals surface area contributed by atoms with E-state index in [0.29, 0.717) is 0 Å². The van der Waals surface area contributed by atoms with Crippen molar-refractivity contribution in [3.05, 3.63) is 0 Å². The van der Waals surface area contributed by atoms with E-state index in [4.69, 9.17) is 0 Å². The third kappa shape index (κ3) is 6.69. The lowest BCUT2D eigenvalue weighted by atomic mass is 9.96. The number of carbonyl (C=O) groups excluding carboxylic acids is 2. The van der Waals surface area contributed by atoms with E-state index in [-0.39, 0.29) is 48.8 Å². The highest BCUT2D eigenvalue weighted by Gasteiger charge is 2.24. The summed E-state index contributed by atoms with van der Waals surface area (Å²) in [5, 5.41) is 8.63. The molecular weight excluding hydrogens is 327 g/mol. The van der Waals surface area contributed by atoms with E-state index in [1.165, 1.54) is 6.42 Å². The molecule has 1 aliphatic heterocycles. The molecule has 0 bridgehead atoms. The average molecular weight is 355 g/mol. The number of nitrogens with one attached hydrogen (secondary N) is 3. The molecule has 1 heterocycles. The van der Waals surface area contributed by atoms with E-state index in [1.54, 1.807) is 0 Å². The van der Waals surface area contributed by atoms with Gasteiger partial charge in [0.25, 0.3) is 0 Å². The van der Waals surface area contributed by atoms with Crippen molar-refractivity contribution < 1.29 is 9.59 Å². The Bertz CT molecular complexity index is 346. The highest BCUT2D eigenvalue weighted by Crippen LogP contribution is 2.17. The fraction of sp³-hybridized carbons (Fsp3) is 0.857. The first kappa shape index (κ1) is 21.4. The second-order valence-electron chi connectivity index (χ2n) is 5.76. The number of carbonyl (C=O) groups is 2. The van der Waals surface area contributed by atoms with Gasteiger partial charge in [0.05, 0.1) is 6.04 Å². The molecule has 6 nitrogen and oxygen atoms in total. The number of nitrogens with zero attached hydrogens (tertiary/aromatic N) is 1. The standard InChI is InChI=1S/C14H26N4O2.2ClH/c1-11(18-9-7-15-8-10-18)13(19)17-14(20)16-12-5-3-2-4-6-12;;/h11-12,15H,2-10H2,1H3,(H2,16,17,19,20);2*1H. The van der Waals surface area contributed by atoms with Crippen LogP contribution in [0, 0.1) is 0 Å². The highest BCUT2D eigenvalue weighted by molar-refractivity contribution is 5.96. The number of hydrogen-bond donors (Lipinski definition) is 3. The zero-order valence-corrected chi connectivity index (χ0v) is 14.7. The van der Waals surface area contributed by atoms with Crippen LogP contribution in [-0.2, 0) is 4.79 Å².